The molecule has 3 unspecified atom stereocenters. The summed E-state index contributed by atoms with van der Waals surface area (Å²) in [4.78, 5) is 11.1. The molecule has 2 rings (SSSR count). The Kier molecular flexibility index (Phi) is 1.59. The summed E-state index contributed by atoms with van der Waals surface area (Å²) in [5.74, 6) is -0.478. The number of carbonyl (C=O) groups excluding carboxylic acids is 1. The van der Waals surface area contributed by atoms with Crippen molar-refractivity contribution in [3.05, 3.63) is 0 Å². The first-order valence-corrected chi connectivity index (χ1v) is 5.09. The van der Waals surface area contributed by atoms with E-state index in [4.69, 9.17) is 0 Å². The van der Waals surface area contributed by atoms with Gasteiger partial charge in [-0.1, -0.05) is 20.8 Å². The fourth-order valence-electron chi connectivity index (χ4n) is 3.89. The summed E-state index contributed by atoms with van der Waals surface area (Å²) in [6.07, 6.45) is 3.35. The molecule has 0 aromatic heterocycles. The van der Waals surface area contributed by atoms with Gasteiger partial charge in [-0.15, -0.1) is 0 Å². The number of fused-ring (bicyclic) bond motifs is 2. The van der Waals surface area contributed by atoms with Crippen molar-refractivity contribution in [2.45, 2.75) is 40.0 Å². The van der Waals surface area contributed by atoms with Crippen molar-refractivity contribution in [2.24, 2.45) is 22.7 Å². The smallest absolute Gasteiger partial charge is 0.0456 e. The van der Waals surface area contributed by atoms with E-state index < -0.39 is 5.97 Å². The molecule has 0 spiro atoms. The van der Waals surface area contributed by atoms with Crippen LogP contribution in [0, 0.1) is 22.7 Å². The minimum Gasteiger partial charge on any atom is -0.550 e. The lowest BCUT2D eigenvalue weighted by molar-refractivity contribution is -0.319. The Balaban J connectivity index is 2.39. The van der Waals surface area contributed by atoms with E-state index in [0.717, 1.165) is 12.8 Å². The maximum absolute atomic E-state index is 11.1. The van der Waals surface area contributed by atoms with Gasteiger partial charge in [0.05, 0.1) is 0 Å². The lowest BCUT2D eigenvalue weighted by Crippen LogP contribution is -2.47. The SMILES string of the molecule is CC12CCC(C1)C(C)(C)C2C(=O)[O-]. The van der Waals surface area contributed by atoms with E-state index in [1.807, 2.05) is 0 Å². The van der Waals surface area contributed by atoms with Gasteiger partial charge in [0, 0.05) is 11.9 Å². The highest BCUT2D eigenvalue weighted by Crippen LogP contribution is 2.65. The predicted octanol–water partition coefficient (Wildman–Crippen LogP) is 1.20. The van der Waals surface area contributed by atoms with E-state index in [1.165, 1.54) is 6.42 Å². The fourth-order valence-corrected chi connectivity index (χ4v) is 3.89. The number of hydrogen-bond donors (Lipinski definition) is 0. The highest BCUT2D eigenvalue weighted by Gasteiger charge is 2.59. The second-order valence-electron chi connectivity index (χ2n) is 5.67. The minimum atomic E-state index is -0.838. The number of carboxylic acids is 1. The summed E-state index contributed by atoms with van der Waals surface area (Å²) in [5, 5.41) is 11.1. The molecular weight excluding hydrogens is 164 g/mol. The molecule has 0 aromatic carbocycles. The molecule has 2 saturated carbocycles. The summed E-state index contributed by atoms with van der Waals surface area (Å²) >= 11 is 0. The van der Waals surface area contributed by atoms with Crippen molar-refractivity contribution in [1.29, 1.82) is 0 Å². The van der Waals surface area contributed by atoms with Crippen LogP contribution in [0.25, 0.3) is 0 Å². The van der Waals surface area contributed by atoms with Crippen LogP contribution in [-0.4, -0.2) is 5.97 Å². The minimum absolute atomic E-state index is 0.0208. The zero-order valence-electron chi connectivity index (χ0n) is 8.59. The Morgan fingerprint density at radius 2 is 2.00 bits per heavy atom. The monoisotopic (exact) mass is 181 g/mol. The van der Waals surface area contributed by atoms with Gasteiger partial charge in [0.1, 0.15) is 0 Å². The van der Waals surface area contributed by atoms with Crippen molar-refractivity contribution in [3.63, 3.8) is 0 Å². The van der Waals surface area contributed by atoms with Crippen LogP contribution in [0.5, 0.6) is 0 Å². The van der Waals surface area contributed by atoms with Gasteiger partial charge in [0.25, 0.3) is 0 Å². The second kappa shape index (κ2) is 2.28. The van der Waals surface area contributed by atoms with Crippen molar-refractivity contribution in [2.75, 3.05) is 0 Å². The molecular formula is C11H17O2-. The third kappa shape index (κ3) is 0.976. The molecule has 0 amide bonds. The maximum Gasteiger partial charge on any atom is 0.0456 e. The van der Waals surface area contributed by atoms with Crippen molar-refractivity contribution >= 4 is 5.97 Å². The Morgan fingerprint density at radius 3 is 2.31 bits per heavy atom. The van der Waals surface area contributed by atoms with Crippen LogP contribution in [0.3, 0.4) is 0 Å². The summed E-state index contributed by atoms with van der Waals surface area (Å²) in [5.41, 5.74) is -0.0289. The van der Waals surface area contributed by atoms with Gasteiger partial charge >= 0.3 is 0 Å². The molecule has 0 aromatic rings. The Labute approximate surface area is 79.3 Å². The summed E-state index contributed by atoms with van der Waals surface area (Å²) in [6, 6.07) is 0. The van der Waals surface area contributed by atoms with E-state index in [9.17, 15) is 9.90 Å². The number of rotatable bonds is 1. The fraction of sp³-hybridized carbons (Fsp3) is 0.909. The van der Waals surface area contributed by atoms with E-state index in [1.54, 1.807) is 0 Å². The van der Waals surface area contributed by atoms with Gasteiger partial charge < -0.3 is 9.90 Å². The first-order chi connectivity index (χ1) is 5.88. The van der Waals surface area contributed by atoms with Crippen molar-refractivity contribution in [1.82, 2.24) is 0 Å². The highest BCUT2D eigenvalue weighted by atomic mass is 16.4. The Hall–Kier alpha value is -0.530. The number of carboxylic acid groups (broad SMARTS) is 1. The maximum atomic E-state index is 11.1. The molecule has 2 fully saturated rings. The zero-order valence-corrected chi connectivity index (χ0v) is 8.59. The predicted molar refractivity (Wildman–Crippen MR) is 47.7 cm³/mol. The van der Waals surface area contributed by atoms with Gasteiger partial charge in [-0.05, 0) is 36.0 Å². The Morgan fingerprint density at radius 1 is 1.38 bits per heavy atom. The van der Waals surface area contributed by atoms with E-state index in [0.29, 0.717) is 5.92 Å². The van der Waals surface area contributed by atoms with Gasteiger partial charge in [0.15, 0.2) is 0 Å². The molecule has 13 heavy (non-hydrogen) atoms. The molecule has 2 heteroatoms. The molecule has 2 nitrogen and oxygen atoms in total. The summed E-state index contributed by atoms with van der Waals surface area (Å²) in [6.45, 7) is 6.29. The van der Waals surface area contributed by atoms with Crippen LogP contribution in [-0.2, 0) is 4.79 Å². The van der Waals surface area contributed by atoms with Crippen LogP contribution >= 0.6 is 0 Å². The number of aliphatic carboxylic acids is 1. The molecule has 3 atom stereocenters. The summed E-state index contributed by atoms with van der Waals surface area (Å²) in [7, 11) is 0. The molecule has 0 aliphatic heterocycles. The van der Waals surface area contributed by atoms with Gasteiger partial charge in [-0.2, -0.15) is 0 Å². The lowest BCUT2D eigenvalue weighted by atomic mass is 9.64. The second-order valence-corrected chi connectivity index (χ2v) is 5.67. The average molecular weight is 181 g/mol. The Bertz CT molecular complexity index is 252. The average Bonchev–Trinajstić information content (AvgIpc) is 2.36. The molecule has 2 aliphatic rings. The third-order valence-electron chi connectivity index (χ3n) is 4.51. The first kappa shape index (κ1) is 9.04. The molecule has 2 bridgehead atoms. The van der Waals surface area contributed by atoms with Crippen molar-refractivity contribution in [3.8, 4) is 0 Å². The number of carbonyl (C=O) groups is 1. The third-order valence-corrected chi connectivity index (χ3v) is 4.51. The molecule has 0 N–H and O–H groups in total. The molecule has 74 valence electrons. The van der Waals surface area contributed by atoms with E-state index in [2.05, 4.69) is 20.8 Å². The largest absolute Gasteiger partial charge is 0.550 e. The lowest BCUT2D eigenvalue weighted by Gasteiger charge is -2.43. The topological polar surface area (TPSA) is 40.1 Å². The van der Waals surface area contributed by atoms with Gasteiger partial charge in [0.2, 0.25) is 0 Å². The van der Waals surface area contributed by atoms with Crippen LogP contribution in [0.2, 0.25) is 0 Å². The standard InChI is InChI=1S/C11H18O2/c1-10(2)7-4-5-11(3,6-7)8(10)9(12)13/h7-8H,4-6H2,1-3H3,(H,12,13)/p-1. The highest BCUT2D eigenvalue weighted by molar-refractivity contribution is 5.71. The summed E-state index contributed by atoms with van der Waals surface area (Å²) < 4.78 is 0. The first-order valence-electron chi connectivity index (χ1n) is 5.09. The van der Waals surface area contributed by atoms with Crippen LogP contribution < -0.4 is 5.11 Å². The molecule has 0 saturated heterocycles. The van der Waals surface area contributed by atoms with E-state index >= 15 is 0 Å². The van der Waals surface area contributed by atoms with Crippen molar-refractivity contribution < 1.29 is 9.90 Å². The molecule has 0 heterocycles. The molecule has 2 aliphatic carbocycles. The number of hydrogen-bond acceptors (Lipinski definition) is 2. The van der Waals surface area contributed by atoms with Crippen LogP contribution in [0.15, 0.2) is 0 Å². The van der Waals surface area contributed by atoms with E-state index in [-0.39, 0.29) is 16.7 Å². The molecule has 0 radical (unpaired) electrons. The van der Waals surface area contributed by atoms with Crippen LogP contribution in [0.1, 0.15) is 40.0 Å². The quantitative estimate of drug-likeness (QED) is 0.609. The van der Waals surface area contributed by atoms with Gasteiger partial charge in [-0.3, -0.25) is 0 Å². The van der Waals surface area contributed by atoms with Gasteiger partial charge in [-0.25, -0.2) is 0 Å². The zero-order chi connectivity index (χ0) is 9.85. The van der Waals surface area contributed by atoms with Crippen LogP contribution in [0.4, 0.5) is 0 Å². The normalized spacial score (nSPS) is 46.7.